The first-order chi connectivity index (χ1) is 12.9. The van der Waals surface area contributed by atoms with Gasteiger partial charge in [-0.15, -0.1) is 0 Å². The first kappa shape index (κ1) is 20.9. The van der Waals surface area contributed by atoms with Gasteiger partial charge in [0.05, 0.1) is 12.6 Å². The Kier molecular flexibility index (Phi) is 7.79. The quantitative estimate of drug-likeness (QED) is 0.627. The van der Waals surface area contributed by atoms with Gasteiger partial charge in [-0.05, 0) is 45.1 Å². The fourth-order valence-electron chi connectivity index (χ4n) is 3.42. The van der Waals surface area contributed by atoms with Crippen molar-refractivity contribution in [1.29, 1.82) is 0 Å². The number of benzene rings is 1. The van der Waals surface area contributed by atoms with Gasteiger partial charge in [0.2, 0.25) is 11.8 Å². The molecule has 3 atom stereocenters. The summed E-state index contributed by atoms with van der Waals surface area (Å²) in [6.07, 6.45) is 2.54. The van der Waals surface area contributed by atoms with Gasteiger partial charge >= 0.3 is 5.97 Å². The first-order valence-corrected chi connectivity index (χ1v) is 9.50. The number of nitrogens with one attached hydrogen (secondary N) is 1. The summed E-state index contributed by atoms with van der Waals surface area (Å²) in [4.78, 5) is 38.1. The molecule has 1 aromatic rings. The van der Waals surface area contributed by atoms with Gasteiger partial charge < -0.3 is 15.4 Å². The maximum absolute atomic E-state index is 12.8. The molecule has 1 aromatic carbocycles. The van der Waals surface area contributed by atoms with Crippen LogP contribution in [-0.4, -0.2) is 54.0 Å². The van der Waals surface area contributed by atoms with Crippen molar-refractivity contribution < 1.29 is 19.1 Å². The molecule has 2 rings (SSSR count). The number of carbonyl (C=O) groups excluding carboxylic acids is 3. The van der Waals surface area contributed by atoms with Gasteiger partial charge in [0.25, 0.3) is 0 Å². The number of primary amides is 1. The van der Waals surface area contributed by atoms with Crippen LogP contribution in [-0.2, 0) is 25.5 Å². The highest BCUT2D eigenvalue weighted by molar-refractivity contribution is 5.90. The van der Waals surface area contributed by atoms with Crippen molar-refractivity contribution in [3.63, 3.8) is 0 Å². The predicted molar refractivity (Wildman–Crippen MR) is 102 cm³/mol. The Hall–Kier alpha value is -2.41. The normalized spacial score (nSPS) is 18.7. The Balaban J connectivity index is 2.01. The first-order valence-electron chi connectivity index (χ1n) is 9.50. The molecule has 1 aliphatic rings. The second kappa shape index (κ2) is 10.1. The SMILES string of the molecule is CCOC(=O)C(CCc1ccccc1)N[C@@H](C)C(=O)N1CCC[C@H]1C(N)=O. The van der Waals surface area contributed by atoms with Gasteiger partial charge in [-0.3, -0.25) is 19.7 Å². The molecule has 0 aliphatic carbocycles. The highest BCUT2D eigenvalue weighted by Crippen LogP contribution is 2.18. The molecule has 1 unspecified atom stereocenters. The summed E-state index contributed by atoms with van der Waals surface area (Å²) in [5, 5.41) is 3.09. The highest BCUT2D eigenvalue weighted by atomic mass is 16.5. The summed E-state index contributed by atoms with van der Waals surface area (Å²) in [5.74, 6) is -1.08. The molecule has 1 aliphatic heterocycles. The van der Waals surface area contributed by atoms with E-state index in [0.717, 1.165) is 12.0 Å². The van der Waals surface area contributed by atoms with E-state index in [-0.39, 0.29) is 18.5 Å². The van der Waals surface area contributed by atoms with Gasteiger partial charge in [0.1, 0.15) is 12.1 Å². The number of hydrogen-bond acceptors (Lipinski definition) is 5. The number of aryl methyl sites for hydroxylation is 1. The number of hydrogen-bond donors (Lipinski definition) is 2. The predicted octanol–water partition coefficient (Wildman–Crippen LogP) is 1.01. The van der Waals surface area contributed by atoms with Crippen LogP contribution < -0.4 is 11.1 Å². The topological polar surface area (TPSA) is 102 Å². The Morgan fingerprint density at radius 1 is 1.30 bits per heavy atom. The summed E-state index contributed by atoms with van der Waals surface area (Å²) in [5.41, 5.74) is 6.51. The van der Waals surface area contributed by atoms with E-state index in [2.05, 4.69) is 5.32 Å². The van der Waals surface area contributed by atoms with Gasteiger partial charge in [-0.25, -0.2) is 0 Å². The number of rotatable bonds is 9. The van der Waals surface area contributed by atoms with Crippen molar-refractivity contribution in [3.8, 4) is 0 Å². The smallest absolute Gasteiger partial charge is 0.323 e. The molecule has 7 nitrogen and oxygen atoms in total. The van der Waals surface area contributed by atoms with Crippen molar-refractivity contribution in [2.75, 3.05) is 13.2 Å². The Morgan fingerprint density at radius 3 is 2.63 bits per heavy atom. The maximum atomic E-state index is 12.8. The van der Waals surface area contributed by atoms with Crippen LogP contribution in [0.15, 0.2) is 30.3 Å². The van der Waals surface area contributed by atoms with Crippen LogP contribution in [0.2, 0.25) is 0 Å². The third-order valence-corrected chi connectivity index (χ3v) is 4.82. The second-order valence-corrected chi connectivity index (χ2v) is 6.81. The summed E-state index contributed by atoms with van der Waals surface area (Å²) in [7, 11) is 0. The van der Waals surface area contributed by atoms with E-state index in [0.29, 0.717) is 25.8 Å². The fraction of sp³-hybridized carbons (Fsp3) is 0.550. The maximum Gasteiger partial charge on any atom is 0.323 e. The lowest BCUT2D eigenvalue weighted by atomic mass is 10.0. The number of carbonyl (C=O) groups is 3. The minimum Gasteiger partial charge on any atom is -0.465 e. The number of amides is 2. The number of nitrogens with zero attached hydrogens (tertiary/aromatic N) is 1. The van der Waals surface area contributed by atoms with Gasteiger partial charge in [0.15, 0.2) is 0 Å². The average Bonchev–Trinajstić information content (AvgIpc) is 3.15. The number of ether oxygens (including phenoxy) is 1. The Bertz CT molecular complexity index is 650. The van der Waals surface area contributed by atoms with E-state index in [1.54, 1.807) is 13.8 Å². The molecule has 3 N–H and O–H groups in total. The van der Waals surface area contributed by atoms with Crippen LogP contribution in [0.4, 0.5) is 0 Å². The van der Waals surface area contributed by atoms with E-state index in [4.69, 9.17) is 10.5 Å². The van der Waals surface area contributed by atoms with Gasteiger partial charge in [0, 0.05) is 6.54 Å². The third-order valence-electron chi connectivity index (χ3n) is 4.82. The zero-order chi connectivity index (χ0) is 19.8. The molecule has 1 saturated heterocycles. The zero-order valence-corrected chi connectivity index (χ0v) is 16.0. The van der Waals surface area contributed by atoms with Crippen LogP contribution in [0.25, 0.3) is 0 Å². The lowest BCUT2D eigenvalue weighted by molar-refractivity contribution is -0.147. The lowest BCUT2D eigenvalue weighted by Gasteiger charge is -2.28. The van der Waals surface area contributed by atoms with Crippen molar-refractivity contribution in [3.05, 3.63) is 35.9 Å². The molecule has 0 saturated carbocycles. The lowest BCUT2D eigenvalue weighted by Crippen LogP contribution is -2.54. The minimum absolute atomic E-state index is 0.217. The third kappa shape index (κ3) is 5.79. The Morgan fingerprint density at radius 2 is 2.00 bits per heavy atom. The number of nitrogens with two attached hydrogens (primary N) is 1. The fourth-order valence-corrected chi connectivity index (χ4v) is 3.42. The molecule has 0 bridgehead atoms. The molecule has 2 amide bonds. The van der Waals surface area contributed by atoms with Crippen molar-refractivity contribution in [2.24, 2.45) is 5.73 Å². The standard InChI is InChI=1S/C20H29N3O4/c1-3-27-20(26)16(12-11-15-8-5-4-6-9-15)22-14(2)19(25)23-13-7-10-17(23)18(21)24/h4-6,8-9,14,16-17,22H,3,7,10-13H2,1-2H3,(H2,21,24)/t14-,16?,17-/m0/s1. The molecular formula is C20H29N3O4. The minimum atomic E-state index is -0.616. The molecular weight excluding hydrogens is 346 g/mol. The van der Waals surface area contributed by atoms with Gasteiger partial charge in [-0.1, -0.05) is 30.3 Å². The van der Waals surface area contributed by atoms with E-state index in [1.165, 1.54) is 4.90 Å². The van der Waals surface area contributed by atoms with E-state index >= 15 is 0 Å². The summed E-state index contributed by atoms with van der Waals surface area (Å²) in [6.45, 7) is 4.24. The van der Waals surface area contributed by atoms with E-state index in [9.17, 15) is 14.4 Å². The largest absolute Gasteiger partial charge is 0.465 e. The zero-order valence-electron chi connectivity index (χ0n) is 16.0. The van der Waals surface area contributed by atoms with Crippen LogP contribution in [0, 0.1) is 0 Å². The van der Waals surface area contributed by atoms with E-state index < -0.39 is 24.0 Å². The van der Waals surface area contributed by atoms with Crippen molar-refractivity contribution in [2.45, 2.75) is 57.7 Å². The number of esters is 1. The van der Waals surface area contributed by atoms with Crippen LogP contribution in [0.3, 0.4) is 0 Å². The average molecular weight is 375 g/mol. The molecule has 0 aromatic heterocycles. The molecule has 148 valence electrons. The molecule has 1 fully saturated rings. The highest BCUT2D eigenvalue weighted by Gasteiger charge is 2.36. The second-order valence-electron chi connectivity index (χ2n) is 6.81. The monoisotopic (exact) mass is 375 g/mol. The molecule has 1 heterocycles. The van der Waals surface area contributed by atoms with Crippen molar-refractivity contribution in [1.82, 2.24) is 10.2 Å². The molecule has 0 radical (unpaired) electrons. The molecule has 27 heavy (non-hydrogen) atoms. The number of likely N-dealkylation sites (tertiary alicyclic amines) is 1. The van der Waals surface area contributed by atoms with E-state index in [1.807, 2.05) is 30.3 Å². The van der Waals surface area contributed by atoms with Crippen LogP contribution in [0.5, 0.6) is 0 Å². The van der Waals surface area contributed by atoms with Crippen LogP contribution in [0.1, 0.15) is 38.7 Å². The van der Waals surface area contributed by atoms with Crippen molar-refractivity contribution >= 4 is 17.8 Å². The summed E-state index contributed by atoms with van der Waals surface area (Å²) >= 11 is 0. The molecule has 7 heteroatoms. The Labute approximate surface area is 160 Å². The summed E-state index contributed by atoms with van der Waals surface area (Å²) < 4.78 is 5.16. The van der Waals surface area contributed by atoms with Gasteiger partial charge in [-0.2, -0.15) is 0 Å². The molecule has 0 spiro atoms. The summed E-state index contributed by atoms with van der Waals surface area (Å²) in [6, 6.07) is 8.06. The van der Waals surface area contributed by atoms with Crippen LogP contribution >= 0.6 is 0 Å².